The molecular weight excluding hydrogens is 412 g/mol. The van der Waals surface area contributed by atoms with Gasteiger partial charge in [-0.2, -0.15) is 5.26 Å². The highest BCUT2D eigenvalue weighted by Gasteiger charge is 2.23. The molecule has 0 saturated carbocycles. The van der Waals surface area contributed by atoms with Gasteiger partial charge in [-0.25, -0.2) is 4.98 Å². The Kier molecular flexibility index (Phi) is 6.72. The van der Waals surface area contributed by atoms with Crippen LogP contribution < -0.4 is 15.9 Å². The van der Waals surface area contributed by atoms with Gasteiger partial charge in [0.1, 0.15) is 0 Å². The number of fused-ring (bicyclic) bond motifs is 1. The Labute approximate surface area is 192 Å². The topological polar surface area (TPSA) is 87.9 Å². The van der Waals surface area contributed by atoms with E-state index in [2.05, 4.69) is 22.9 Å². The Morgan fingerprint density at radius 2 is 2.12 bits per heavy atom. The maximum absolute atomic E-state index is 12.7. The highest BCUT2D eigenvalue weighted by Crippen LogP contribution is 2.25. The van der Waals surface area contributed by atoms with Crippen molar-refractivity contribution in [3.05, 3.63) is 94.3 Å². The molecule has 0 spiro atoms. The Morgan fingerprint density at radius 3 is 2.88 bits per heavy atom. The van der Waals surface area contributed by atoms with Crippen LogP contribution in [0.25, 0.3) is 23.4 Å². The van der Waals surface area contributed by atoms with Crippen LogP contribution in [0.5, 0.6) is 0 Å². The third-order valence-corrected chi connectivity index (χ3v) is 5.48. The lowest BCUT2D eigenvalue weighted by Crippen LogP contribution is -2.30. The number of amides is 1. The van der Waals surface area contributed by atoms with Crippen molar-refractivity contribution in [1.82, 2.24) is 15.3 Å². The van der Waals surface area contributed by atoms with E-state index in [9.17, 15) is 10.1 Å². The molecule has 1 unspecified atom stereocenters. The zero-order chi connectivity index (χ0) is 23.2. The maximum atomic E-state index is 12.7. The van der Waals surface area contributed by atoms with Gasteiger partial charge in [-0.3, -0.25) is 9.78 Å². The van der Waals surface area contributed by atoms with E-state index < -0.39 is 5.92 Å². The SMILES string of the molecule is C=C(/C=c1/nc(-c2ccccc2)cc/c1=C/C)CNC(=O)c1cnc2c(c1)C(C#N)COC2. The summed E-state index contributed by atoms with van der Waals surface area (Å²) >= 11 is 0. The fourth-order valence-electron chi connectivity index (χ4n) is 3.68. The summed E-state index contributed by atoms with van der Waals surface area (Å²) in [7, 11) is 0. The van der Waals surface area contributed by atoms with Crippen LogP contribution in [-0.2, 0) is 11.3 Å². The number of hydrogen-bond acceptors (Lipinski definition) is 5. The van der Waals surface area contributed by atoms with Gasteiger partial charge in [-0.1, -0.05) is 49.1 Å². The van der Waals surface area contributed by atoms with E-state index in [0.29, 0.717) is 24.5 Å². The normalized spacial score (nSPS) is 16.1. The van der Waals surface area contributed by atoms with Gasteiger partial charge in [0, 0.05) is 18.3 Å². The summed E-state index contributed by atoms with van der Waals surface area (Å²) in [6.07, 6.45) is 5.39. The van der Waals surface area contributed by atoms with Crippen LogP contribution >= 0.6 is 0 Å². The van der Waals surface area contributed by atoms with Crippen molar-refractivity contribution in [2.45, 2.75) is 19.4 Å². The van der Waals surface area contributed by atoms with Crippen LogP contribution in [0.2, 0.25) is 0 Å². The summed E-state index contributed by atoms with van der Waals surface area (Å²) in [5, 5.41) is 14.0. The van der Waals surface area contributed by atoms with E-state index in [1.165, 1.54) is 6.20 Å². The number of nitriles is 1. The van der Waals surface area contributed by atoms with Crippen LogP contribution in [0.3, 0.4) is 0 Å². The Bertz CT molecular complexity index is 1360. The molecule has 1 aliphatic rings. The number of aromatic nitrogens is 2. The molecule has 2 aromatic heterocycles. The average molecular weight is 437 g/mol. The summed E-state index contributed by atoms with van der Waals surface area (Å²) in [6, 6.07) is 17.9. The summed E-state index contributed by atoms with van der Waals surface area (Å²) in [4.78, 5) is 21.8. The predicted molar refractivity (Wildman–Crippen MR) is 127 cm³/mol. The van der Waals surface area contributed by atoms with Crippen molar-refractivity contribution in [1.29, 1.82) is 5.26 Å². The van der Waals surface area contributed by atoms with E-state index >= 15 is 0 Å². The minimum atomic E-state index is -0.413. The number of carbonyl (C=O) groups excluding carboxylic acids is 1. The molecule has 3 heterocycles. The van der Waals surface area contributed by atoms with Gasteiger partial charge in [0.05, 0.1) is 47.5 Å². The number of benzene rings is 1. The zero-order valence-electron chi connectivity index (χ0n) is 18.4. The Hall–Kier alpha value is -4.08. The predicted octanol–water partition coefficient (Wildman–Crippen LogP) is 2.85. The van der Waals surface area contributed by atoms with Gasteiger partial charge in [-0.05, 0) is 41.5 Å². The maximum Gasteiger partial charge on any atom is 0.253 e. The molecule has 1 N–H and O–H groups in total. The van der Waals surface area contributed by atoms with Crippen molar-refractivity contribution in [3.8, 4) is 17.3 Å². The van der Waals surface area contributed by atoms with E-state index in [-0.39, 0.29) is 12.5 Å². The second-order valence-electron chi connectivity index (χ2n) is 7.77. The van der Waals surface area contributed by atoms with Gasteiger partial charge in [0.25, 0.3) is 5.91 Å². The summed E-state index contributed by atoms with van der Waals surface area (Å²) in [5.74, 6) is -0.680. The molecule has 6 nitrogen and oxygen atoms in total. The second-order valence-corrected chi connectivity index (χ2v) is 7.77. The number of nitrogens with one attached hydrogen (secondary N) is 1. The molecular formula is C27H24N4O2. The zero-order valence-corrected chi connectivity index (χ0v) is 18.4. The minimum Gasteiger partial charge on any atom is -0.373 e. The van der Waals surface area contributed by atoms with Crippen LogP contribution in [0, 0.1) is 11.3 Å². The molecule has 0 aliphatic carbocycles. The summed E-state index contributed by atoms with van der Waals surface area (Å²) in [5.41, 5.74) is 4.51. The van der Waals surface area contributed by atoms with E-state index in [0.717, 1.165) is 33.0 Å². The quantitative estimate of drug-likeness (QED) is 0.665. The standard InChI is InChI=1S/C27H24N4O2/c1-3-19-9-10-24(20-7-5-4-6-8-20)31-25(19)11-18(2)14-30-27(32)21-12-23-22(13-28)16-33-17-26(23)29-15-21/h3-12,15,22H,2,14,16-17H2,1H3,(H,30,32)/b19-3-,25-11+. The third-order valence-electron chi connectivity index (χ3n) is 5.48. The first-order chi connectivity index (χ1) is 16.1. The minimum absolute atomic E-state index is 0.265. The van der Waals surface area contributed by atoms with Crippen LogP contribution in [-0.4, -0.2) is 29.0 Å². The highest BCUT2D eigenvalue weighted by molar-refractivity contribution is 5.94. The Balaban J connectivity index is 1.51. The molecule has 33 heavy (non-hydrogen) atoms. The largest absolute Gasteiger partial charge is 0.373 e. The van der Waals surface area contributed by atoms with Crippen LogP contribution in [0.1, 0.15) is 34.5 Å². The molecule has 1 amide bonds. The summed E-state index contributed by atoms with van der Waals surface area (Å²) < 4.78 is 5.38. The molecule has 1 atom stereocenters. The van der Waals surface area contributed by atoms with Crippen molar-refractivity contribution in [3.63, 3.8) is 0 Å². The van der Waals surface area contributed by atoms with Gasteiger partial charge in [0.15, 0.2) is 0 Å². The van der Waals surface area contributed by atoms with Gasteiger partial charge < -0.3 is 10.1 Å². The van der Waals surface area contributed by atoms with Crippen molar-refractivity contribution in [2.75, 3.05) is 13.2 Å². The first-order valence-corrected chi connectivity index (χ1v) is 10.7. The first kappa shape index (κ1) is 22.1. The number of nitrogens with zero attached hydrogens (tertiary/aromatic N) is 3. The lowest BCUT2D eigenvalue weighted by atomic mass is 9.96. The van der Waals surface area contributed by atoms with E-state index in [1.54, 1.807) is 6.07 Å². The van der Waals surface area contributed by atoms with Gasteiger partial charge in [0.2, 0.25) is 0 Å². The van der Waals surface area contributed by atoms with Crippen molar-refractivity contribution in [2.24, 2.45) is 0 Å². The number of carbonyl (C=O) groups is 1. The van der Waals surface area contributed by atoms with Gasteiger partial charge in [-0.15, -0.1) is 0 Å². The first-order valence-electron chi connectivity index (χ1n) is 10.7. The number of hydrogen-bond donors (Lipinski definition) is 1. The molecule has 0 fully saturated rings. The molecule has 0 bridgehead atoms. The molecule has 4 rings (SSSR count). The monoisotopic (exact) mass is 436 g/mol. The van der Waals surface area contributed by atoms with Gasteiger partial charge >= 0.3 is 0 Å². The fourth-order valence-corrected chi connectivity index (χ4v) is 3.68. The number of rotatable bonds is 5. The van der Waals surface area contributed by atoms with E-state index in [4.69, 9.17) is 9.72 Å². The molecule has 1 aromatic carbocycles. The fraction of sp³-hybridized carbons (Fsp3) is 0.185. The number of pyridine rings is 2. The summed E-state index contributed by atoms with van der Waals surface area (Å²) in [6.45, 7) is 6.98. The smallest absolute Gasteiger partial charge is 0.253 e. The van der Waals surface area contributed by atoms with Crippen LogP contribution in [0.15, 0.2) is 66.9 Å². The molecule has 0 saturated heterocycles. The lowest BCUT2D eigenvalue weighted by molar-refractivity contribution is 0.0945. The molecule has 0 radical (unpaired) electrons. The number of ether oxygens (including phenoxy) is 1. The molecule has 164 valence electrons. The Morgan fingerprint density at radius 1 is 1.30 bits per heavy atom. The second kappa shape index (κ2) is 10.0. The van der Waals surface area contributed by atoms with E-state index in [1.807, 2.05) is 61.5 Å². The highest BCUT2D eigenvalue weighted by atomic mass is 16.5. The molecule has 3 aromatic rings. The third kappa shape index (κ3) is 5.05. The van der Waals surface area contributed by atoms with Crippen molar-refractivity contribution >= 4 is 18.1 Å². The molecule has 6 heteroatoms. The average Bonchev–Trinajstić information content (AvgIpc) is 2.87. The van der Waals surface area contributed by atoms with Crippen LogP contribution in [0.4, 0.5) is 0 Å². The molecule has 1 aliphatic heterocycles. The van der Waals surface area contributed by atoms with Crippen molar-refractivity contribution < 1.29 is 9.53 Å². The lowest BCUT2D eigenvalue weighted by Gasteiger charge is -2.20.